The van der Waals surface area contributed by atoms with E-state index in [0.717, 1.165) is 68.8 Å². The largest absolute Gasteiger partial charge is 0.478 e. The number of ether oxygens (including phenoxy) is 1. The average Bonchev–Trinajstić information content (AvgIpc) is 2.83. The van der Waals surface area contributed by atoms with E-state index in [4.69, 9.17) is 9.72 Å². The number of benzene rings is 1. The Labute approximate surface area is 194 Å². The molecule has 0 unspecified atom stereocenters. The predicted octanol–water partition coefficient (Wildman–Crippen LogP) is 3.80. The maximum absolute atomic E-state index is 11.6. The molecule has 7 heteroatoms. The molecule has 0 radical (unpaired) electrons. The van der Waals surface area contributed by atoms with Crippen molar-refractivity contribution in [2.45, 2.75) is 32.6 Å². The van der Waals surface area contributed by atoms with E-state index < -0.39 is 0 Å². The topological polar surface area (TPSA) is 70.6 Å². The highest BCUT2D eigenvalue weighted by Gasteiger charge is 2.19. The third-order valence-corrected chi connectivity index (χ3v) is 6.50. The Kier molecular flexibility index (Phi) is 6.39. The number of unbranched alkanes of at least 4 members (excludes halogenated alkanes) is 1. The Hall–Kier alpha value is -3.19. The monoisotopic (exact) mass is 445 g/mol. The summed E-state index contributed by atoms with van der Waals surface area (Å²) in [5.74, 6) is 1.26. The van der Waals surface area contributed by atoms with Gasteiger partial charge in [0.05, 0.1) is 17.8 Å². The highest BCUT2D eigenvalue weighted by atomic mass is 16.5. The van der Waals surface area contributed by atoms with E-state index in [9.17, 15) is 4.79 Å². The number of carbonyl (C=O) groups excluding carboxylic acids is 1. The summed E-state index contributed by atoms with van der Waals surface area (Å²) in [6.07, 6.45) is 3.36. The van der Waals surface area contributed by atoms with Crippen LogP contribution < -0.4 is 15.0 Å². The van der Waals surface area contributed by atoms with Crippen LogP contribution in [0.25, 0.3) is 10.9 Å². The molecule has 2 aliphatic rings. The molecule has 4 heterocycles. The van der Waals surface area contributed by atoms with E-state index in [1.165, 1.54) is 11.1 Å². The highest BCUT2D eigenvalue weighted by Crippen LogP contribution is 2.27. The first-order chi connectivity index (χ1) is 16.2. The molecule has 7 nitrogen and oxygen atoms in total. The molecule has 0 atom stereocenters. The minimum atomic E-state index is 0.0269. The molecule has 1 saturated heterocycles. The number of nitrogens with one attached hydrogen (secondary N) is 1. The fourth-order valence-corrected chi connectivity index (χ4v) is 4.61. The van der Waals surface area contributed by atoms with Crippen LogP contribution in [0.2, 0.25) is 0 Å². The highest BCUT2D eigenvalue weighted by molar-refractivity contribution is 5.93. The third kappa shape index (κ3) is 5.09. The van der Waals surface area contributed by atoms with Crippen molar-refractivity contribution in [2.75, 3.05) is 49.5 Å². The van der Waals surface area contributed by atoms with E-state index in [1.807, 2.05) is 12.1 Å². The van der Waals surface area contributed by atoms with E-state index in [-0.39, 0.29) is 5.91 Å². The lowest BCUT2D eigenvalue weighted by atomic mass is 10.1. The molecule has 5 rings (SSSR count). The van der Waals surface area contributed by atoms with Gasteiger partial charge in [-0.25, -0.2) is 0 Å². The van der Waals surface area contributed by atoms with Crippen LogP contribution in [0.3, 0.4) is 0 Å². The molecule has 1 N–H and O–H groups in total. The molecular weight excluding hydrogens is 414 g/mol. The number of aromatic nitrogens is 2. The van der Waals surface area contributed by atoms with Gasteiger partial charge in [0.2, 0.25) is 11.8 Å². The molecule has 0 bridgehead atoms. The zero-order valence-electron chi connectivity index (χ0n) is 19.2. The van der Waals surface area contributed by atoms with Crippen LogP contribution in [-0.4, -0.2) is 60.1 Å². The van der Waals surface area contributed by atoms with E-state index >= 15 is 0 Å². The van der Waals surface area contributed by atoms with Gasteiger partial charge in [0.1, 0.15) is 5.82 Å². The zero-order valence-corrected chi connectivity index (χ0v) is 19.2. The van der Waals surface area contributed by atoms with Gasteiger partial charge in [-0.3, -0.25) is 14.7 Å². The Morgan fingerprint density at radius 1 is 0.970 bits per heavy atom. The summed E-state index contributed by atoms with van der Waals surface area (Å²) in [5, 5.41) is 4.03. The van der Waals surface area contributed by atoms with Crippen LogP contribution >= 0.6 is 0 Å². The van der Waals surface area contributed by atoms with Crippen LogP contribution in [0.15, 0.2) is 42.5 Å². The van der Waals surface area contributed by atoms with Crippen molar-refractivity contribution in [1.29, 1.82) is 0 Å². The molecule has 0 aliphatic carbocycles. The van der Waals surface area contributed by atoms with Gasteiger partial charge in [-0.2, -0.15) is 4.98 Å². The second kappa shape index (κ2) is 9.75. The van der Waals surface area contributed by atoms with Gasteiger partial charge in [-0.1, -0.05) is 18.2 Å². The zero-order chi connectivity index (χ0) is 22.6. The van der Waals surface area contributed by atoms with Crippen molar-refractivity contribution in [3.63, 3.8) is 0 Å². The second-order valence-corrected chi connectivity index (χ2v) is 8.89. The van der Waals surface area contributed by atoms with Crippen molar-refractivity contribution < 1.29 is 9.53 Å². The number of carbonyl (C=O) groups is 1. The SMILES string of the molecule is Cc1ccc2cccc(N3CCN(CCCCOc4ccc5c(n4)NC(=O)CC5)CC3)c2n1. The summed E-state index contributed by atoms with van der Waals surface area (Å²) in [6.45, 7) is 7.95. The van der Waals surface area contributed by atoms with Gasteiger partial charge in [0.25, 0.3) is 0 Å². The minimum absolute atomic E-state index is 0.0269. The van der Waals surface area contributed by atoms with Crippen LogP contribution in [0.4, 0.5) is 11.5 Å². The van der Waals surface area contributed by atoms with Gasteiger partial charge < -0.3 is 15.0 Å². The number of anilines is 2. The van der Waals surface area contributed by atoms with E-state index in [2.05, 4.69) is 57.4 Å². The number of para-hydroxylation sites is 1. The van der Waals surface area contributed by atoms with Crippen LogP contribution in [0.5, 0.6) is 5.88 Å². The smallest absolute Gasteiger partial charge is 0.225 e. The second-order valence-electron chi connectivity index (χ2n) is 8.89. The van der Waals surface area contributed by atoms with Gasteiger partial charge in [-0.15, -0.1) is 0 Å². The van der Waals surface area contributed by atoms with Crippen molar-refractivity contribution in [1.82, 2.24) is 14.9 Å². The predicted molar refractivity (Wildman–Crippen MR) is 131 cm³/mol. The third-order valence-electron chi connectivity index (χ3n) is 6.50. The summed E-state index contributed by atoms with van der Waals surface area (Å²) in [6, 6.07) is 14.6. The van der Waals surface area contributed by atoms with Crippen LogP contribution in [-0.2, 0) is 11.2 Å². The Morgan fingerprint density at radius 3 is 2.73 bits per heavy atom. The van der Waals surface area contributed by atoms with Gasteiger partial charge >= 0.3 is 0 Å². The number of fused-ring (bicyclic) bond motifs is 2. The van der Waals surface area contributed by atoms with Crippen LogP contribution in [0.1, 0.15) is 30.5 Å². The lowest BCUT2D eigenvalue weighted by Gasteiger charge is -2.36. The number of hydrogen-bond donors (Lipinski definition) is 1. The first-order valence-electron chi connectivity index (χ1n) is 11.9. The molecule has 33 heavy (non-hydrogen) atoms. The number of aryl methyl sites for hydroxylation is 2. The van der Waals surface area contributed by atoms with Crippen molar-refractivity contribution >= 4 is 28.3 Å². The number of hydrogen-bond acceptors (Lipinski definition) is 6. The molecule has 172 valence electrons. The Morgan fingerprint density at radius 2 is 1.85 bits per heavy atom. The number of piperazine rings is 1. The number of nitrogens with zero attached hydrogens (tertiary/aromatic N) is 4. The molecule has 1 aromatic carbocycles. The van der Waals surface area contributed by atoms with Gasteiger partial charge in [0.15, 0.2) is 0 Å². The van der Waals surface area contributed by atoms with Gasteiger partial charge in [-0.05, 0) is 56.5 Å². The lowest BCUT2D eigenvalue weighted by Crippen LogP contribution is -2.46. The summed E-state index contributed by atoms with van der Waals surface area (Å²) < 4.78 is 5.83. The quantitative estimate of drug-likeness (QED) is 0.558. The fourth-order valence-electron chi connectivity index (χ4n) is 4.61. The summed E-state index contributed by atoms with van der Waals surface area (Å²) in [4.78, 5) is 25.8. The lowest BCUT2D eigenvalue weighted by molar-refractivity contribution is -0.116. The molecule has 0 spiro atoms. The molecular formula is C26H31N5O2. The van der Waals surface area contributed by atoms with Crippen molar-refractivity contribution in [3.8, 4) is 5.88 Å². The normalized spacial score (nSPS) is 16.5. The van der Waals surface area contributed by atoms with Crippen LogP contribution in [0, 0.1) is 6.92 Å². The molecule has 0 saturated carbocycles. The maximum atomic E-state index is 11.6. The molecule has 2 aromatic heterocycles. The minimum Gasteiger partial charge on any atom is -0.478 e. The number of pyridine rings is 2. The maximum Gasteiger partial charge on any atom is 0.225 e. The molecule has 2 aliphatic heterocycles. The standard InChI is InChI=1S/C26H31N5O2/c1-19-7-8-20-5-4-6-22(25(20)27-19)31-16-14-30(15-17-31)13-2-3-18-33-24-12-10-21-9-11-23(32)28-26(21)29-24/h4-8,10,12H,2-3,9,11,13-18H2,1H3,(H,28,29,32). The molecule has 1 fully saturated rings. The fraction of sp³-hybridized carbons (Fsp3) is 0.423. The van der Waals surface area contributed by atoms with Crippen molar-refractivity contribution in [3.05, 3.63) is 53.7 Å². The first-order valence-corrected chi connectivity index (χ1v) is 11.9. The van der Waals surface area contributed by atoms with Crippen molar-refractivity contribution in [2.24, 2.45) is 0 Å². The van der Waals surface area contributed by atoms with E-state index in [1.54, 1.807) is 0 Å². The number of rotatable bonds is 7. The number of amides is 1. The summed E-state index contributed by atoms with van der Waals surface area (Å²) in [5.41, 5.74) is 4.50. The van der Waals surface area contributed by atoms with E-state index in [0.29, 0.717) is 24.7 Å². The van der Waals surface area contributed by atoms with Gasteiger partial charge in [0, 0.05) is 49.7 Å². The Bertz CT molecular complexity index is 1140. The first kappa shape index (κ1) is 21.6. The molecule has 1 amide bonds. The summed E-state index contributed by atoms with van der Waals surface area (Å²) in [7, 11) is 0. The Balaban J connectivity index is 1.06. The summed E-state index contributed by atoms with van der Waals surface area (Å²) >= 11 is 0. The molecule has 3 aromatic rings. The average molecular weight is 446 g/mol.